The maximum Gasteiger partial charge on any atom is 0.119 e. The van der Waals surface area contributed by atoms with Crippen molar-refractivity contribution in [3.63, 3.8) is 0 Å². The predicted molar refractivity (Wildman–Crippen MR) is 63.6 cm³/mol. The van der Waals surface area contributed by atoms with Gasteiger partial charge in [0, 0.05) is 18.5 Å². The second kappa shape index (κ2) is 3.97. The Hall–Kier alpha value is -1.44. The Kier molecular flexibility index (Phi) is 2.34. The number of hydrogen-bond acceptors (Lipinski definition) is 1. The van der Waals surface area contributed by atoms with Crippen LogP contribution in [-0.2, 0) is 0 Å². The maximum atomic E-state index is 7.56. The number of hydrogen-bond donors (Lipinski definition) is 1. The van der Waals surface area contributed by atoms with E-state index >= 15 is 0 Å². The zero-order valence-electron chi connectivity index (χ0n) is 10.2. The van der Waals surface area contributed by atoms with Crippen molar-refractivity contribution in [2.45, 2.75) is 26.2 Å². The Morgan fingerprint density at radius 1 is 1.53 bits per heavy atom. The zero-order valence-corrected chi connectivity index (χ0v) is 9.21. The lowest BCUT2D eigenvalue weighted by Crippen LogP contribution is -1.89. The monoisotopic (exact) mass is 204 g/mol. The van der Waals surface area contributed by atoms with E-state index in [1.165, 1.54) is 10.9 Å². The van der Waals surface area contributed by atoms with Crippen LogP contribution in [0.15, 0.2) is 24.4 Å². The standard InChI is InChI=1S/C13H17NO/c1-4-9(2)12-8-14-13-6-5-10(15-3)7-11(12)13/h5-9,14H,4H2,1-3H3/i2D. The van der Waals surface area contributed by atoms with E-state index in [4.69, 9.17) is 6.11 Å². The second-order valence-electron chi connectivity index (χ2n) is 3.76. The lowest BCUT2D eigenvalue weighted by molar-refractivity contribution is 0.415. The highest BCUT2D eigenvalue weighted by atomic mass is 16.5. The average Bonchev–Trinajstić information content (AvgIpc) is 2.74. The Morgan fingerprint density at radius 2 is 2.40 bits per heavy atom. The molecular formula is C13H17NO. The minimum atomic E-state index is 0.306. The van der Waals surface area contributed by atoms with Gasteiger partial charge in [0.2, 0.25) is 0 Å². The number of H-pyrrole nitrogens is 1. The molecule has 80 valence electrons. The van der Waals surface area contributed by atoms with Crippen molar-refractivity contribution in [1.82, 2.24) is 4.98 Å². The van der Waals surface area contributed by atoms with Crippen molar-refractivity contribution in [2.75, 3.05) is 7.11 Å². The summed E-state index contributed by atoms with van der Waals surface area (Å²) in [7, 11) is 1.68. The molecule has 1 unspecified atom stereocenters. The number of benzene rings is 1. The first-order valence-corrected chi connectivity index (χ1v) is 5.24. The third-order valence-corrected chi connectivity index (χ3v) is 2.85. The molecule has 2 aromatic rings. The first-order chi connectivity index (χ1) is 7.80. The van der Waals surface area contributed by atoms with Crippen LogP contribution >= 0.6 is 0 Å². The molecule has 0 bridgehead atoms. The van der Waals surface area contributed by atoms with Gasteiger partial charge < -0.3 is 9.72 Å². The van der Waals surface area contributed by atoms with E-state index in [9.17, 15) is 0 Å². The highest BCUT2D eigenvalue weighted by Gasteiger charge is 2.09. The number of methoxy groups -OCH3 is 1. The summed E-state index contributed by atoms with van der Waals surface area (Å²) in [6.45, 7) is 2.55. The molecule has 1 N–H and O–H groups in total. The summed E-state index contributed by atoms with van der Waals surface area (Å²) >= 11 is 0. The first-order valence-electron chi connectivity index (χ1n) is 5.95. The predicted octanol–water partition coefficient (Wildman–Crippen LogP) is 3.69. The molecule has 2 heteroatoms. The number of aromatic amines is 1. The summed E-state index contributed by atoms with van der Waals surface area (Å²) in [4.78, 5) is 3.25. The van der Waals surface area contributed by atoms with Gasteiger partial charge in [-0.2, -0.15) is 0 Å². The van der Waals surface area contributed by atoms with Gasteiger partial charge in [-0.25, -0.2) is 0 Å². The van der Waals surface area contributed by atoms with Crippen LogP contribution in [-0.4, -0.2) is 12.1 Å². The van der Waals surface area contributed by atoms with E-state index < -0.39 is 0 Å². The highest BCUT2D eigenvalue weighted by molar-refractivity contribution is 5.85. The Balaban J connectivity index is 2.52. The molecular weight excluding hydrogens is 186 g/mol. The van der Waals surface area contributed by atoms with E-state index in [1.807, 2.05) is 24.4 Å². The molecule has 0 aliphatic heterocycles. The maximum absolute atomic E-state index is 7.56. The summed E-state index contributed by atoms with van der Waals surface area (Å²) in [6.07, 6.45) is 3.01. The van der Waals surface area contributed by atoms with Gasteiger partial charge in [0.05, 0.1) is 7.11 Å². The van der Waals surface area contributed by atoms with Crippen molar-refractivity contribution in [3.05, 3.63) is 30.0 Å². The van der Waals surface area contributed by atoms with Crippen LogP contribution in [0.1, 0.15) is 33.1 Å². The molecule has 1 aromatic carbocycles. The lowest BCUT2D eigenvalue weighted by Gasteiger charge is -2.07. The van der Waals surface area contributed by atoms with Crippen LogP contribution in [0, 0.1) is 0 Å². The smallest absolute Gasteiger partial charge is 0.119 e. The normalized spacial score (nSPS) is 13.9. The van der Waals surface area contributed by atoms with Crippen molar-refractivity contribution >= 4 is 10.9 Å². The number of nitrogens with one attached hydrogen (secondary N) is 1. The number of fused-ring (bicyclic) bond motifs is 1. The molecule has 0 saturated carbocycles. The quantitative estimate of drug-likeness (QED) is 0.810. The molecule has 0 aliphatic rings. The summed E-state index contributed by atoms with van der Waals surface area (Å²) in [6, 6.07) is 6.01. The molecule has 1 aromatic heterocycles. The van der Waals surface area contributed by atoms with Crippen LogP contribution in [0.5, 0.6) is 5.75 Å². The van der Waals surface area contributed by atoms with Crippen molar-refractivity contribution < 1.29 is 6.11 Å². The minimum Gasteiger partial charge on any atom is -0.497 e. The fourth-order valence-corrected chi connectivity index (χ4v) is 1.81. The van der Waals surface area contributed by atoms with Crippen LogP contribution in [0.4, 0.5) is 0 Å². The molecule has 1 heterocycles. The molecule has 2 nitrogen and oxygen atoms in total. The summed E-state index contributed by atoms with van der Waals surface area (Å²) in [5.74, 6) is 1.18. The van der Waals surface area contributed by atoms with E-state index in [-0.39, 0.29) is 0 Å². The van der Waals surface area contributed by atoms with Gasteiger partial charge in [-0.15, -0.1) is 0 Å². The fraction of sp³-hybridized carbons (Fsp3) is 0.385. The molecule has 0 saturated heterocycles. The van der Waals surface area contributed by atoms with Gasteiger partial charge in [-0.05, 0) is 36.1 Å². The lowest BCUT2D eigenvalue weighted by atomic mass is 9.98. The van der Waals surface area contributed by atoms with Gasteiger partial charge in [0.1, 0.15) is 5.75 Å². The summed E-state index contributed by atoms with van der Waals surface area (Å²) in [5, 5.41) is 1.18. The molecule has 0 amide bonds. The van der Waals surface area contributed by atoms with Gasteiger partial charge in [0.25, 0.3) is 0 Å². The molecule has 0 aliphatic carbocycles. The van der Waals surface area contributed by atoms with Gasteiger partial charge >= 0.3 is 0 Å². The largest absolute Gasteiger partial charge is 0.497 e. The third kappa shape index (κ3) is 1.72. The van der Waals surface area contributed by atoms with Crippen LogP contribution < -0.4 is 4.74 Å². The van der Waals surface area contributed by atoms with Gasteiger partial charge in [-0.3, -0.25) is 0 Å². The third-order valence-electron chi connectivity index (χ3n) is 2.85. The van der Waals surface area contributed by atoms with E-state index in [0.29, 0.717) is 12.8 Å². The molecule has 2 rings (SSSR count). The SMILES string of the molecule is [2H]CC(CC)c1c[nH]c2ccc(OC)cc12. The fourth-order valence-electron chi connectivity index (χ4n) is 1.81. The van der Waals surface area contributed by atoms with E-state index in [0.717, 1.165) is 17.7 Å². The Labute approximate surface area is 91.7 Å². The number of ether oxygens (including phenoxy) is 1. The van der Waals surface area contributed by atoms with Crippen LogP contribution in [0.25, 0.3) is 10.9 Å². The van der Waals surface area contributed by atoms with Crippen LogP contribution in [0.2, 0.25) is 0 Å². The highest BCUT2D eigenvalue weighted by Crippen LogP contribution is 2.29. The minimum absolute atomic E-state index is 0.306. The summed E-state index contributed by atoms with van der Waals surface area (Å²) < 4.78 is 12.8. The molecule has 15 heavy (non-hydrogen) atoms. The first kappa shape index (κ1) is 8.84. The van der Waals surface area contributed by atoms with Gasteiger partial charge in [-0.1, -0.05) is 13.8 Å². The van der Waals surface area contributed by atoms with Crippen LogP contribution in [0.3, 0.4) is 0 Å². The topological polar surface area (TPSA) is 25.0 Å². The van der Waals surface area contributed by atoms with Gasteiger partial charge in [0.15, 0.2) is 0 Å². The van der Waals surface area contributed by atoms with E-state index in [2.05, 4.69) is 11.9 Å². The zero-order chi connectivity index (χ0) is 11.5. The number of rotatable bonds is 3. The Morgan fingerprint density at radius 3 is 3.07 bits per heavy atom. The van der Waals surface area contributed by atoms with Crippen molar-refractivity contribution in [2.24, 2.45) is 0 Å². The van der Waals surface area contributed by atoms with Crippen molar-refractivity contribution in [1.29, 1.82) is 0 Å². The molecule has 0 spiro atoms. The second-order valence-corrected chi connectivity index (χ2v) is 3.76. The van der Waals surface area contributed by atoms with Crippen molar-refractivity contribution in [3.8, 4) is 5.75 Å². The average molecular weight is 204 g/mol. The summed E-state index contributed by atoms with van der Waals surface area (Å²) in [5.41, 5.74) is 2.34. The van der Waals surface area contributed by atoms with E-state index in [1.54, 1.807) is 7.11 Å². The number of aromatic nitrogens is 1. The molecule has 0 fully saturated rings. The Bertz CT molecular complexity index is 474. The molecule has 0 radical (unpaired) electrons. The molecule has 1 atom stereocenters.